The van der Waals surface area contributed by atoms with Gasteiger partial charge in [0, 0.05) is 12.7 Å². The van der Waals surface area contributed by atoms with Crippen LogP contribution in [0.15, 0.2) is 18.6 Å². The predicted octanol–water partition coefficient (Wildman–Crippen LogP) is 1.07. The van der Waals surface area contributed by atoms with E-state index in [2.05, 4.69) is 15.3 Å². The molecule has 1 fully saturated rings. The number of carboxylic acids is 1. The van der Waals surface area contributed by atoms with Gasteiger partial charge in [0.25, 0.3) is 0 Å². The molecular weight excluding hydrogens is 218 g/mol. The minimum absolute atomic E-state index is 0.173. The summed E-state index contributed by atoms with van der Waals surface area (Å²) in [6, 6.07) is 1.86. The van der Waals surface area contributed by atoms with Crippen LogP contribution in [0.2, 0.25) is 0 Å². The van der Waals surface area contributed by atoms with Crippen LogP contribution in [-0.2, 0) is 11.3 Å². The minimum atomic E-state index is -0.656. The third-order valence-electron chi connectivity index (χ3n) is 3.33. The monoisotopic (exact) mass is 235 g/mol. The van der Waals surface area contributed by atoms with E-state index in [1.807, 2.05) is 6.07 Å². The number of rotatable bonds is 5. The van der Waals surface area contributed by atoms with Gasteiger partial charge in [-0.3, -0.25) is 4.79 Å². The van der Waals surface area contributed by atoms with Gasteiger partial charge >= 0.3 is 5.97 Å². The van der Waals surface area contributed by atoms with E-state index in [0.717, 1.165) is 31.5 Å². The number of carbonyl (C=O) groups is 1. The number of nitrogens with zero attached hydrogens (tertiary/aromatic N) is 2. The van der Waals surface area contributed by atoms with E-state index in [4.69, 9.17) is 5.11 Å². The van der Waals surface area contributed by atoms with Crippen molar-refractivity contribution in [1.82, 2.24) is 15.3 Å². The molecule has 2 unspecified atom stereocenters. The van der Waals surface area contributed by atoms with E-state index in [0.29, 0.717) is 6.54 Å². The maximum absolute atomic E-state index is 11.0. The van der Waals surface area contributed by atoms with Gasteiger partial charge < -0.3 is 10.4 Å². The highest BCUT2D eigenvalue weighted by atomic mass is 16.4. The molecule has 0 radical (unpaired) electrons. The van der Waals surface area contributed by atoms with Crippen molar-refractivity contribution < 1.29 is 9.90 Å². The van der Waals surface area contributed by atoms with Gasteiger partial charge in [-0.25, -0.2) is 9.97 Å². The van der Waals surface area contributed by atoms with Crippen LogP contribution in [0.5, 0.6) is 0 Å². The molecule has 17 heavy (non-hydrogen) atoms. The van der Waals surface area contributed by atoms with Gasteiger partial charge in [-0.2, -0.15) is 0 Å². The van der Waals surface area contributed by atoms with Crippen molar-refractivity contribution in [2.45, 2.75) is 25.8 Å². The normalized spacial score (nSPS) is 23.8. The highest BCUT2D eigenvalue weighted by Gasteiger charge is 2.32. The van der Waals surface area contributed by atoms with Crippen molar-refractivity contribution in [2.75, 3.05) is 6.54 Å². The molecule has 0 aliphatic heterocycles. The summed E-state index contributed by atoms with van der Waals surface area (Å²) in [5.74, 6) is -0.571. The van der Waals surface area contributed by atoms with Gasteiger partial charge in [-0.05, 0) is 31.4 Å². The maximum atomic E-state index is 11.0. The molecule has 92 valence electrons. The fraction of sp³-hybridized carbons (Fsp3) is 0.583. The Labute approximate surface area is 100 Å². The Kier molecular flexibility index (Phi) is 4.03. The number of nitrogens with one attached hydrogen (secondary N) is 1. The Hall–Kier alpha value is -1.49. The first-order chi connectivity index (χ1) is 8.27. The van der Waals surface area contributed by atoms with Crippen LogP contribution in [0.1, 0.15) is 25.0 Å². The van der Waals surface area contributed by atoms with Crippen molar-refractivity contribution in [2.24, 2.45) is 11.8 Å². The lowest BCUT2D eigenvalue weighted by Gasteiger charge is -2.16. The predicted molar refractivity (Wildman–Crippen MR) is 62.2 cm³/mol. The Morgan fingerprint density at radius 1 is 1.53 bits per heavy atom. The fourth-order valence-corrected chi connectivity index (χ4v) is 2.41. The average Bonchev–Trinajstić information content (AvgIpc) is 2.79. The highest BCUT2D eigenvalue weighted by Crippen LogP contribution is 2.31. The number of hydrogen-bond donors (Lipinski definition) is 2. The Morgan fingerprint density at radius 3 is 3.12 bits per heavy atom. The molecule has 1 heterocycles. The fourth-order valence-electron chi connectivity index (χ4n) is 2.41. The van der Waals surface area contributed by atoms with Gasteiger partial charge in [0.2, 0.25) is 0 Å². The van der Waals surface area contributed by atoms with E-state index < -0.39 is 5.97 Å². The number of hydrogen-bond acceptors (Lipinski definition) is 4. The molecule has 1 aromatic heterocycles. The average molecular weight is 235 g/mol. The third kappa shape index (κ3) is 3.23. The molecule has 2 atom stereocenters. The van der Waals surface area contributed by atoms with Crippen molar-refractivity contribution >= 4 is 5.97 Å². The van der Waals surface area contributed by atoms with Crippen molar-refractivity contribution in [3.8, 4) is 0 Å². The zero-order valence-electron chi connectivity index (χ0n) is 9.67. The first-order valence-electron chi connectivity index (χ1n) is 5.96. The molecule has 0 saturated heterocycles. The van der Waals surface area contributed by atoms with E-state index in [9.17, 15) is 4.79 Å². The van der Waals surface area contributed by atoms with Crippen molar-refractivity contribution in [1.29, 1.82) is 0 Å². The second kappa shape index (κ2) is 5.72. The van der Waals surface area contributed by atoms with E-state index in [1.165, 1.54) is 6.33 Å². The number of aromatic nitrogens is 2. The van der Waals surface area contributed by atoms with Crippen LogP contribution in [0, 0.1) is 11.8 Å². The summed E-state index contributed by atoms with van der Waals surface area (Å²) in [6.07, 6.45) is 6.08. The van der Waals surface area contributed by atoms with Crippen molar-refractivity contribution in [3.05, 3.63) is 24.3 Å². The lowest BCUT2D eigenvalue weighted by molar-refractivity contribution is -0.142. The zero-order valence-corrected chi connectivity index (χ0v) is 9.67. The minimum Gasteiger partial charge on any atom is -0.481 e. The molecule has 5 heteroatoms. The van der Waals surface area contributed by atoms with Crippen LogP contribution >= 0.6 is 0 Å². The summed E-state index contributed by atoms with van der Waals surface area (Å²) >= 11 is 0. The van der Waals surface area contributed by atoms with Crippen LogP contribution in [0.3, 0.4) is 0 Å². The molecule has 1 aliphatic carbocycles. The van der Waals surface area contributed by atoms with E-state index in [1.54, 1.807) is 6.20 Å². The Balaban J connectivity index is 1.77. The van der Waals surface area contributed by atoms with Gasteiger partial charge in [-0.15, -0.1) is 0 Å². The molecule has 5 nitrogen and oxygen atoms in total. The molecule has 2 rings (SSSR count). The molecule has 0 spiro atoms. The topological polar surface area (TPSA) is 75.1 Å². The SMILES string of the molecule is O=C(O)C1CCCC1CNCc1ccncn1. The second-order valence-corrected chi connectivity index (χ2v) is 4.47. The standard InChI is InChI=1S/C12H17N3O2/c16-12(17)11-3-1-2-9(11)6-14-7-10-4-5-13-8-15-10/h4-5,8-9,11,14H,1-3,6-7H2,(H,16,17). The molecule has 1 saturated carbocycles. The molecule has 2 N–H and O–H groups in total. The summed E-state index contributed by atoms with van der Waals surface area (Å²) in [7, 11) is 0. The summed E-state index contributed by atoms with van der Waals surface area (Å²) in [4.78, 5) is 19.0. The van der Waals surface area contributed by atoms with Gasteiger partial charge in [-0.1, -0.05) is 6.42 Å². The Bertz CT molecular complexity index is 369. The van der Waals surface area contributed by atoms with Gasteiger partial charge in [0.15, 0.2) is 0 Å². The van der Waals surface area contributed by atoms with Gasteiger partial charge in [0.05, 0.1) is 11.6 Å². The summed E-state index contributed by atoms with van der Waals surface area (Å²) in [6.45, 7) is 1.42. The molecule has 1 aromatic rings. The summed E-state index contributed by atoms with van der Waals surface area (Å²) < 4.78 is 0. The molecule has 0 amide bonds. The van der Waals surface area contributed by atoms with Crippen LogP contribution in [-0.4, -0.2) is 27.6 Å². The lowest BCUT2D eigenvalue weighted by atomic mass is 9.96. The zero-order chi connectivity index (χ0) is 12.1. The highest BCUT2D eigenvalue weighted by molar-refractivity contribution is 5.70. The van der Waals surface area contributed by atoms with E-state index in [-0.39, 0.29) is 11.8 Å². The van der Waals surface area contributed by atoms with Crippen LogP contribution in [0.4, 0.5) is 0 Å². The van der Waals surface area contributed by atoms with Gasteiger partial charge in [0.1, 0.15) is 6.33 Å². The largest absolute Gasteiger partial charge is 0.481 e. The quantitative estimate of drug-likeness (QED) is 0.798. The summed E-state index contributed by atoms with van der Waals surface area (Å²) in [5, 5.41) is 12.3. The number of carboxylic acid groups (broad SMARTS) is 1. The first-order valence-corrected chi connectivity index (χ1v) is 5.96. The molecule has 0 aromatic carbocycles. The third-order valence-corrected chi connectivity index (χ3v) is 3.33. The molecule has 1 aliphatic rings. The second-order valence-electron chi connectivity index (χ2n) is 4.47. The number of aliphatic carboxylic acids is 1. The lowest BCUT2D eigenvalue weighted by Crippen LogP contribution is -2.28. The maximum Gasteiger partial charge on any atom is 0.306 e. The molecule has 0 bridgehead atoms. The summed E-state index contributed by atoms with van der Waals surface area (Å²) in [5.41, 5.74) is 0.935. The first kappa shape index (κ1) is 12.0. The van der Waals surface area contributed by atoms with Crippen LogP contribution < -0.4 is 5.32 Å². The molecular formula is C12H17N3O2. The Morgan fingerprint density at radius 2 is 2.41 bits per heavy atom. The smallest absolute Gasteiger partial charge is 0.306 e. The van der Waals surface area contributed by atoms with Crippen LogP contribution in [0.25, 0.3) is 0 Å². The van der Waals surface area contributed by atoms with E-state index >= 15 is 0 Å². The van der Waals surface area contributed by atoms with Crippen molar-refractivity contribution in [3.63, 3.8) is 0 Å².